The second-order valence-electron chi connectivity index (χ2n) is 12.1. The van der Waals surface area contributed by atoms with Crippen LogP contribution in [0.2, 0.25) is 0 Å². The molecule has 168 valence electrons. The topological polar surface area (TPSA) is 20.2 Å². The molecule has 4 aliphatic rings. The summed E-state index contributed by atoms with van der Waals surface area (Å²) in [6.45, 7) is 14.5. The summed E-state index contributed by atoms with van der Waals surface area (Å²) in [6, 6.07) is 0. The molecule has 0 aromatic heterocycles. The number of aliphatic hydroxyl groups is 1. The van der Waals surface area contributed by atoms with Crippen LogP contribution in [0, 0.1) is 46.3 Å². The van der Waals surface area contributed by atoms with Crippen LogP contribution in [-0.4, -0.2) is 10.2 Å². The summed E-state index contributed by atoms with van der Waals surface area (Å²) in [5, 5.41) is 9.40. The zero-order valence-electron chi connectivity index (χ0n) is 20.0. The van der Waals surface area contributed by atoms with Crippen molar-refractivity contribution in [2.45, 2.75) is 91.5 Å². The molecule has 30 heavy (non-hydrogen) atoms. The van der Waals surface area contributed by atoms with E-state index in [1.165, 1.54) is 31.3 Å². The first kappa shape index (κ1) is 22.7. The molecule has 3 fully saturated rings. The molecule has 0 spiro atoms. The zero-order valence-corrected chi connectivity index (χ0v) is 20.8. The standard InChI is InChI=1S/C28H43ClO/c1-18(2)19(3)7-8-20(4)23-11-12-24-22-10-9-21-17-28(29,30)16-15-26(21,5)25(22)13-14-27(23,24)6/h7-10,18-20,23-25,30H,11-17H2,1-6H3/t19-,20+,23+,24-,25-,26-,27+,28-/m0/s1. The molecule has 0 unspecified atom stereocenters. The van der Waals surface area contributed by atoms with Crippen molar-refractivity contribution in [1.29, 1.82) is 0 Å². The Balaban J connectivity index is 1.58. The smallest absolute Gasteiger partial charge is 0.142 e. The summed E-state index contributed by atoms with van der Waals surface area (Å²) in [5.41, 5.74) is 3.74. The fourth-order valence-electron chi connectivity index (χ4n) is 7.56. The molecular weight excluding hydrogens is 388 g/mol. The third-order valence-electron chi connectivity index (χ3n) is 10.1. The van der Waals surface area contributed by atoms with Gasteiger partial charge in [-0.05, 0) is 84.9 Å². The monoisotopic (exact) mass is 430 g/mol. The van der Waals surface area contributed by atoms with Crippen LogP contribution in [0.15, 0.2) is 35.5 Å². The van der Waals surface area contributed by atoms with Crippen LogP contribution in [-0.2, 0) is 0 Å². The first-order chi connectivity index (χ1) is 14.0. The minimum absolute atomic E-state index is 0.197. The molecule has 0 radical (unpaired) electrons. The van der Waals surface area contributed by atoms with E-state index in [9.17, 15) is 5.11 Å². The first-order valence-electron chi connectivity index (χ1n) is 12.5. The van der Waals surface area contributed by atoms with Crippen LogP contribution in [0.3, 0.4) is 0 Å². The van der Waals surface area contributed by atoms with Crippen LogP contribution < -0.4 is 0 Å². The molecule has 0 aromatic carbocycles. The van der Waals surface area contributed by atoms with E-state index in [0.717, 1.165) is 18.3 Å². The number of allylic oxidation sites excluding steroid dienone is 5. The van der Waals surface area contributed by atoms with Crippen molar-refractivity contribution in [3.63, 3.8) is 0 Å². The van der Waals surface area contributed by atoms with Crippen molar-refractivity contribution >= 4 is 11.6 Å². The minimum atomic E-state index is -1.03. The molecule has 1 N–H and O–H groups in total. The summed E-state index contributed by atoms with van der Waals surface area (Å²) in [5.74, 6) is 4.19. The molecular formula is C28H43ClO. The van der Waals surface area contributed by atoms with Crippen molar-refractivity contribution in [1.82, 2.24) is 0 Å². The minimum Gasteiger partial charge on any atom is -0.375 e. The van der Waals surface area contributed by atoms with E-state index in [0.29, 0.717) is 41.9 Å². The number of halogens is 1. The third kappa shape index (κ3) is 3.66. The predicted molar refractivity (Wildman–Crippen MR) is 128 cm³/mol. The van der Waals surface area contributed by atoms with E-state index in [2.05, 4.69) is 65.8 Å². The van der Waals surface area contributed by atoms with Gasteiger partial charge in [0.2, 0.25) is 0 Å². The maximum atomic E-state index is 10.4. The largest absolute Gasteiger partial charge is 0.375 e. The molecule has 0 aromatic rings. The van der Waals surface area contributed by atoms with Gasteiger partial charge < -0.3 is 5.11 Å². The Morgan fingerprint density at radius 2 is 1.70 bits per heavy atom. The van der Waals surface area contributed by atoms with Gasteiger partial charge in [-0.25, -0.2) is 0 Å². The maximum Gasteiger partial charge on any atom is 0.142 e. The van der Waals surface area contributed by atoms with Crippen LogP contribution in [0.25, 0.3) is 0 Å². The zero-order chi connectivity index (χ0) is 21.9. The highest BCUT2D eigenvalue weighted by Gasteiger charge is 2.57. The van der Waals surface area contributed by atoms with Gasteiger partial charge in [-0.15, -0.1) is 0 Å². The molecule has 0 aliphatic heterocycles. The van der Waals surface area contributed by atoms with Gasteiger partial charge >= 0.3 is 0 Å². The average molecular weight is 431 g/mol. The summed E-state index contributed by atoms with van der Waals surface area (Å²) in [6.07, 6.45) is 17.5. The van der Waals surface area contributed by atoms with E-state index in [-0.39, 0.29) is 5.41 Å². The van der Waals surface area contributed by atoms with Crippen molar-refractivity contribution in [3.8, 4) is 0 Å². The fraction of sp³-hybridized carbons (Fsp3) is 0.786. The molecule has 3 saturated carbocycles. The normalized spacial score (nSPS) is 45.4. The second-order valence-corrected chi connectivity index (χ2v) is 12.8. The van der Waals surface area contributed by atoms with Gasteiger partial charge in [-0.1, -0.05) is 88.6 Å². The third-order valence-corrected chi connectivity index (χ3v) is 10.4. The summed E-state index contributed by atoms with van der Waals surface area (Å²) in [7, 11) is 0. The number of fused-ring (bicyclic) bond motifs is 5. The molecule has 0 amide bonds. The first-order valence-corrected chi connectivity index (χ1v) is 12.9. The molecule has 8 atom stereocenters. The van der Waals surface area contributed by atoms with E-state index in [1.54, 1.807) is 5.57 Å². The Hall–Kier alpha value is -0.530. The van der Waals surface area contributed by atoms with E-state index in [4.69, 9.17) is 11.6 Å². The van der Waals surface area contributed by atoms with Crippen molar-refractivity contribution in [2.75, 3.05) is 0 Å². The maximum absolute atomic E-state index is 10.4. The summed E-state index contributed by atoms with van der Waals surface area (Å²) < 4.78 is 0. The summed E-state index contributed by atoms with van der Waals surface area (Å²) in [4.78, 5) is 0. The Bertz CT molecular complexity index is 759. The molecule has 4 rings (SSSR count). The van der Waals surface area contributed by atoms with Gasteiger partial charge in [-0.2, -0.15) is 0 Å². The van der Waals surface area contributed by atoms with Gasteiger partial charge in [0.05, 0.1) is 0 Å². The number of hydrogen-bond acceptors (Lipinski definition) is 1. The molecule has 4 aliphatic carbocycles. The van der Waals surface area contributed by atoms with Crippen molar-refractivity contribution in [2.24, 2.45) is 46.3 Å². The number of alkyl halides is 1. The Morgan fingerprint density at radius 1 is 0.967 bits per heavy atom. The lowest BCUT2D eigenvalue weighted by Crippen LogP contribution is -2.47. The molecule has 0 bridgehead atoms. The molecule has 1 nitrogen and oxygen atoms in total. The van der Waals surface area contributed by atoms with Gasteiger partial charge in [0.1, 0.15) is 5.06 Å². The lowest BCUT2D eigenvalue weighted by atomic mass is 9.50. The fourth-order valence-corrected chi connectivity index (χ4v) is 7.80. The highest BCUT2D eigenvalue weighted by Crippen LogP contribution is 2.66. The summed E-state index contributed by atoms with van der Waals surface area (Å²) >= 11 is 6.35. The van der Waals surface area contributed by atoms with Gasteiger partial charge in [0.25, 0.3) is 0 Å². The highest BCUT2D eigenvalue weighted by molar-refractivity contribution is 6.22. The Kier molecular flexibility index (Phi) is 5.89. The van der Waals surface area contributed by atoms with Gasteiger partial charge in [-0.3, -0.25) is 0 Å². The molecule has 0 heterocycles. The average Bonchev–Trinajstić information content (AvgIpc) is 3.03. The lowest BCUT2D eigenvalue weighted by Gasteiger charge is -2.55. The quantitative estimate of drug-likeness (QED) is 0.355. The van der Waals surface area contributed by atoms with Crippen molar-refractivity contribution in [3.05, 3.63) is 35.5 Å². The number of rotatable bonds is 4. The van der Waals surface area contributed by atoms with Crippen molar-refractivity contribution < 1.29 is 5.11 Å². The van der Waals surface area contributed by atoms with E-state index >= 15 is 0 Å². The second kappa shape index (κ2) is 7.80. The van der Waals surface area contributed by atoms with Gasteiger partial charge in [0, 0.05) is 6.42 Å². The van der Waals surface area contributed by atoms with Crippen LogP contribution in [0.4, 0.5) is 0 Å². The molecule has 2 heteroatoms. The molecule has 0 saturated heterocycles. The highest BCUT2D eigenvalue weighted by atomic mass is 35.5. The van der Waals surface area contributed by atoms with E-state index < -0.39 is 5.06 Å². The predicted octanol–water partition coefficient (Wildman–Crippen LogP) is 7.90. The van der Waals surface area contributed by atoms with Crippen LogP contribution in [0.5, 0.6) is 0 Å². The van der Waals surface area contributed by atoms with Crippen LogP contribution >= 0.6 is 11.6 Å². The van der Waals surface area contributed by atoms with Gasteiger partial charge in [0.15, 0.2) is 0 Å². The lowest BCUT2D eigenvalue weighted by molar-refractivity contribution is 0.0246. The van der Waals surface area contributed by atoms with Crippen LogP contribution in [0.1, 0.15) is 86.5 Å². The Morgan fingerprint density at radius 3 is 2.40 bits per heavy atom. The SMILES string of the molecule is CC(C)[C@@H](C)C=C[C@@H](C)[C@H]1CC[C@H]2C3=CC=C4C[C@](O)(Cl)CC[C@]4(C)[C@H]3CC[C@]12C. The Labute approximate surface area is 190 Å². The number of hydrogen-bond donors (Lipinski definition) is 1. The van der Waals surface area contributed by atoms with E-state index in [1.807, 2.05) is 0 Å².